The molecule has 0 aliphatic rings. The Balaban J connectivity index is 1.92. The number of carboxylic acids is 1. The molecule has 174 valence electrons. The number of hydrogen-bond acceptors (Lipinski definition) is 6. The van der Waals surface area contributed by atoms with Crippen LogP contribution in [0, 0.1) is 0 Å². The number of nitrogens with one attached hydrogen (secondary N) is 1. The van der Waals surface area contributed by atoms with Gasteiger partial charge in [0.25, 0.3) is 5.91 Å². The molecule has 0 bridgehead atoms. The summed E-state index contributed by atoms with van der Waals surface area (Å²) in [5.41, 5.74) is 1.40. The van der Waals surface area contributed by atoms with Crippen molar-refractivity contribution in [2.24, 2.45) is 0 Å². The van der Waals surface area contributed by atoms with Gasteiger partial charge in [0.05, 0.1) is 11.1 Å². The number of carboxylic acid groups (broad SMARTS) is 1. The number of rotatable bonds is 9. The van der Waals surface area contributed by atoms with Crippen molar-refractivity contribution in [3.63, 3.8) is 0 Å². The second-order valence-electron chi connectivity index (χ2n) is 7.22. The topological polar surface area (TPSA) is 119 Å². The molecule has 0 saturated heterocycles. The molecule has 0 spiro atoms. The van der Waals surface area contributed by atoms with Gasteiger partial charge in [-0.3, -0.25) is 4.79 Å². The number of carbonyl (C=O) groups is 4. The van der Waals surface area contributed by atoms with Gasteiger partial charge in [0.1, 0.15) is 0 Å². The van der Waals surface area contributed by atoms with E-state index in [9.17, 15) is 24.3 Å². The minimum Gasteiger partial charge on any atom is -0.478 e. The largest absolute Gasteiger partial charge is 0.478 e. The minimum absolute atomic E-state index is 0.0821. The highest BCUT2D eigenvalue weighted by Crippen LogP contribution is 2.19. The van der Waals surface area contributed by atoms with Crippen LogP contribution in [-0.4, -0.2) is 41.1 Å². The lowest BCUT2D eigenvalue weighted by atomic mass is 10.1. The molecule has 34 heavy (non-hydrogen) atoms. The summed E-state index contributed by atoms with van der Waals surface area (Å²) in [6, 6.07) is 22.4. The van der Waals surface area contributed by atoms with Crippen molar-refractivity contribution < 1.29 is 33.8 Å². The SMILES string of the molecule is CCc1ccccc1NC(=O)[C@@H](OC(=O)c1ccccc1)[C@@H](OC(=O)c1ccccc1)C(=O)O. The first kappa shape index (κ1) is 24.2. The van der Waals surface area contributed by atoms with Gasteiger partial charge in [-0.15, -0.1) is 0 Å². The normalized spacial score (nSPS) is 12.1. The van der Waals surface area contributed by atoms with Crippen molar-refractivity contribution >= 4 is 29.5 Å². The first-order chi connectivity index (χ1) is 16.4. The number of para-hydroxylation sites is 1. The van der Waals surface area contributed by atoms with Crippen LogP contribution in [0.2, 0.25) is 0 Å². The van der Waals surface area contributed by atoms with E-state index >= 15 is 0 Å². The maximum absolute atomic E-state index is 13.2. The zero-order valence-corrected chi connectivity index (χ0v) is 18.3. The van der Waals surface area contributed by atoms with E-state index in [2.05, 4.69) is 5.32 Å². The monoisotopic (exact) mass is 461 g/mol. The van der Waals surface area contributed by atoms with Gasteiger partial charge >= 0.3 is 17.9 Å². The van der Waals surface area contributed by atoms with Crippen LogP contribution in [0.25, 0.3) is 0 Å². The molecule has 0 radical (unpaired) electrons. The first-order valence-electron chi connectivity index (χ1n) is 10.5. The molecule has 0 unspecified atom stereocenters. The Hall–Kier alpha value is -4.46. The standard InChI is InChI=1S/C26H23NO7/c1-2-17-11-9-10-16-20(17)27-23(28)21(33-25(31)18-12-5-3-6-13-18)22(24(29)30)34-26(32)19-14-7-4-8-15-19/h3-16,21-22H,2H2,1H3,(H,27,28)(H,29,30)/t21-,22+/m0/s1. The Morgan fingerprint density at radius 3 is 1.71 bits per heavy atom. The first-order valence-corrected chi connectivity index (χ1v) is 10.5. The lowest BCUT2D eigenvalue weighted by molar-refractivity contribution is -0.157. The van der Waals surface area contributed by atoms with E-state index < -0.39 is 36.0 Å². The number of carbonyl (C=O) groups excluding carboxylic acids is 3. The molecule has 0 aromatic heterocycles. The summed E-state index contributed by atoms with van der Waals surface area (Å²) >= 11 is 0. The van der Waals surface area contributed by atoms with Crippen molar-refractivity contribution in [3.8, 4) is 0 Å². The quantitative estimate of drug-likeness (QED) is 0.466. The lowest BCUT2D eigenvalue weighted by Crippen LogP contribution is -2.48. The van der Waals surface area contributed by atoms with E-state index in [1.54, 1.807) is 60.7 Å². The van der Waals surface area contributed by atoms with Crippen LogP contribution in [0.1, 0.15) is 33.2 Å². The number of amides is 1. The molecule has 8 nitrogen and oxygen atoms in total. The third-order valence-corrected chi connectivity index (χ3v) is 4.92. The van der Waals surface area contributed by atoms with Crippen LogP contribution in [0.15, 0.2) is 84.9 Å². The highest BCUT2D eigenvalue weighted by Gasteiger charge is 2.41. The van der Waals surface area contributed by atoms with Gasteiger partial charge in [-0.2, -0.15) is 0 Å². The second-order valence-corrected chi connectivity index (χ2v) is 7.22. The molecule has 3 aromatic carbocycles. The van der Waals surface area contributed by atoms with Gasteiger partial charge < -0.3 is 19.9 Å². The summed E-state index contributed by atoms with van der Waals surface area (Å²) in [6.07, 6.45) is -3.45. The number of ether oxygens (including phenoxy) is 2. The molecule has 1 amide bonds. The lowest BCUT2D eigenvalue weighted by Gasteiger charge is -2.24. The molecule has 0 aliphatic carbocycles. The summed E-state index contributed by atoms with van der Waals surface area (Å²) in [5.74, 6) is -4.51. The van der Waals surface area contributed by atoms with Gasteiger partial charge in [-0.05, 0) is 42.3 Å². The van der Waals surface area contributed by atoms with E-state index in [1.165, 1.54) is 24.3 Å². The molecular weight excluding hydrogens is 438 g/mol. The van der Waals surface area contributed by atoms with Crippen molar-refractivity contribution in [2.75, 3.05) is 5.32 Å². The highest BCUT2D eigenvalue weighted by atomic mass is 16.6. The molecule has 0 fully saturated rings. The average molecular weight is 461 g/mol. The van der Waals surface area contributed by atoms with Gasteiger partial charge in [0, 0.05) is 5.69 Å². The van der Waals surface area contributed by atoms with Gasteiger partial charge in [-0.25, -0.2) is 14.4 Å². The number of benzene rings is 3. The van der Waals surface area contributed by atoms with E-state index in [-0.39, 0.29) is 11.1 Å². The van der Waals surface area contributed by atoms with Crippen LogP contribution < -0.4 is 5.32 Å². The van der Waals surface area contributed by atoms with Crippen molar-refractivity contribution in [1.82, 2.24) is 0 Å². The Labute approximate surface area is 196 Å². The van der Waals surface area contributed by atoms with E-state index in [0.717, 1.165) is 5.56 Å². The van der Waals surface area contributed by atoms with Crippen LogP contribution in [0.5, 0.6) is 0 Å². The average Bonchev–Trinajstić information content (AvgIpc) is 2.87. The molecule has 0 heterocycles. The summed E-state index contributed by atoms with van der Waals surface area (Å²) in [4.78, 5) is 50.5. The Kier molecular flexibility index (Phi) is 8.12. The van der Waals surface area contributed by atoms with Gasteiger partial charge in [-0.1, -0.05) is 61.5 Å². The molecular formula is C26H23NO7. The highest BCUT2D eigenvalue weighted by molar-refractivity contribution is 6.01. The number of anilines is 1. The van der Waals surface area contributed by atoms with Gasteiger partial charge in [0.2, 0.25) is 12.2 Å². The summed E-state index contributed by atoms with van der Waals surface area (Å²) in [6.45, 7) is 1.89. The van der Waals surface area contributed by atoms with Crippen LogP contribution in [-0.2, 0) is 25.5 Å². The summed E-state index contributed by atoms with van der Waals surface area (Å²) in [7, 11) is 0. The molecule has 0 aliphatic heterocycles. The minimum atomic E-state index is -2.09. The molecule has 8 heteroatoms. The van der Waals surface area contributed by atoms with E-state index in [0.29, 0.717) is 12.1 Å². The fourth-order valence-corrected chi connectivity index (χ4v) is 3.16. The molecule has 3 rings (SSSR count). The smallest absolute Gasteiger partial charge is 0.349 e. The molecule has 0 saturated carbocycles. The van der Waals surface area contributed by atoms with E-state index in [1.807, 2.05) is 6.92 Å². The third-order valence-electron chi connectivity index (χ3n) is 4.92. The molecule has 3 aromatic rings. The van der Waals surface area contributed by atoms with Crippen LogP contribution >= 0.6 is 0 Å². The maximum Gasteiger partial charge on any atom is 0.349 e. The Bertz CT molecular complexity index is 1160. The Morgan fingerprint density at radius 2 is 1.21 bits per heavy atom. The Morgan fingerprint density at radius 1 is 0.735 bits per heavy atom. The van der Waals surface area contributed by atoms with E-state index in [4.69, 9.17) is 9.47 Å². The number of aliphatic carboxylic acids is 1. The molecule has 2 N–H and O–H groups in total. The zero-order valence-electron chi connectivity index (χ0n) is 18.3. The number of hydrogen-bond donors (Lipinski definition) is 2. The predicted octanol–water partition coefficient (Wildman–Crippen LogP) is 3.72. The van der Waals surface area contributed by atoms with Crippen molar-refractivity contribution in [1.29, 1.82) is 0 Å². The summed E-state index contributed by atoms with van der Waals surface area (Å²) in [5, 5.41) is 12.4. The maximum atomic E-state index is 13.2. The predicted molar refractivity (Wildman–Crippen MR) is 123 cm³/mol. The fourth-order valence-electron chi connectivity index (χ4n) is 3.16. The molecule has 2 atom stereocenters. The van der Waals surface area contributed by atoms with Crippen molar-refractivity contribution in [2.45, 2.75) is 25.6 Å². The van der Waals surface area contributed by atoms with Crippen molar-refractivity contribution in [3.05, 3.63) is 102 Å². The zero-order chi connectivity index (χ0) is 24.5. The van der Waals surface area contributed by atoms with Gasteiger partial charge in [0.15, 0.2) is 0 Å². The second kappa shape index (κ2) is 11.4. The number of aryl methyl sites for hydroxylation is 1. The number of esters is 2. The van der Waals surface area contributed by atoms with Crippen LogP contribution in [0.3, 0.4) is 0 Å². The fraction of sp³-hybridized carbons (Fsp3) is 0.154. The third kappa shape index (κ3) is 6.07. The van der Waals surface area contributed by atoms with Crippen LogP contribution in [0.4, 0.5) is 5.69 Å². The summed E-state index contributed by atoms with van der Waals surface area (Å²) < 4.78 is 10.4.